The minimum Gasteiger partial charge on any atom is -0.569 e. The molecule has 0 aromatic heterocycles. The molecule has 0 aliphatic rings. The minimum atomic E-state index is 0. The molecule has 8 heavy (non-hydrogen) atoms. The zero-order valence-electron chi connectivity index (χ0n) is 5.29. The van der Waals surface area contributed by atoms with Crippen LogP contribution in [0, 0.1) is 22.0 Å². The maximum atomic E-state index is 7.75. The first-order valence-electron chi connectivity index (χ1n) is 0.552. The summed E-state index contributed by atoms with van der Waals surface area (Å²) in [5, 5.41) is 6.75. The molecule has 0 saturated carbocycles. The van der Waals surface area contributed by atoms with Crippen LogP contribution < -0.4 is 0 Å². The predicted octanol–water partition coefficient (Wildman–Crippen LogP) is 0.772. The largest absolute Gasteiger partial charge is 0.569 e. The normalized spacial score (nSPS) is 1.25. The third-order valence-electron chi connectivity index (χ3n) is 0. The summed E-state index contributed by atoms with van der Waals surface area (Å²) in [6.45, 7) is 3.25. The van der Waals surface area contributed by atoms with Crippen LogP contribution in [-0.4, -0.2) is 11.9 Å². The van der Waals surface area contributed by atoms with E-state index in [1.54, 1.807) is 0 Å². The van der Waals surface area contributed by atoms with Crippen LogP contribution in [0.3, 0.4) is 0 Å². The summed E-state index contributed by atoms with van der Waals surface area (Å²) in [4.78, 5) is 7.75. The fourth-order valence-electron chi connectivity index (χ4n) is 0. The Bertz CT molecular complexity index is 12.0. The molecule has 0 atom stereocenters. The first-order chi connectivity index (χ1) is 2.00. The van der Waals surface area contributed by atoms with E-state index in [9.17, 15) is 0 Å². The number of aliphatic hydroxyl groups is 1. The van der Waals surface area contributed by atoms with Crippen molar-refractivity contribution in [3.8, 4) is 0 Å². The minimum absolute atomic E-state index is 0. The zero-order chi connectivity index (χ0) is 4.00. The molecule has 0 unspecified atom stereocenters. The van der Waals surface area contributed by atoms with E-state index in [-0.39, 0.29) is 80.3 Å². The number of hydrogen-bond acceptors (Lipinski definition) is 2. The summed E-state index contributed by atoms with van der Waals surface area (Å²) in [7, 11) is 2.25. The Kier molecular flexibility index (Phi) is 1050. The van der Waals surface area contributed by atoms with Gasteiger partial charge in [-0.05, 0) is 0 Å². The van der Waals surface area contributed by atoms with Crippen molar-refractivity contribution in [2.75, 3.05) is 0 Å². The molecule has 0 aliphatic heterocycles. The van der Waals surface area contributed by atoms with Gasteiger partial charge in [0.2, 0.25) is 0 Å². The van der Waals surface area contributed by atoms with E-state index in [1.807, 2.05) is 0 Å². The first-order valence-corrected chi connectivity index (χ1v) is 0.552. The fraction of sp³-hybridized carbons (Fsp3) is 0. The van der Waals surface area contributed by atoms with Gasteiger partial charge in [-0.2, -0.15) is 0 Å². The van der Waals surface area contributed by atoms with Crippen LogP contribution in [0.1, 0.15) is 0 Å². The van der Waals surface area contributed by atoms with E-state index in [0.717, 1.165) is 0 Å². The van der Waals surface area contributed by atoms with Gasteiger partial charge in [0.05, 0.1) is 0 Å². The first kappa shape index (κ1) is 52.2. The zero-order valence-corrected chi connectivity index (χ0v) is 11.0. The van der Waals surface area contributed by atoms with Gasteiger partial charge in [0.15, 0.2) is 0 Å². The van der Waals surface area contributed by atoms with Crippen LogP contribution in [0.2, 0.25) is 0 Å². The maximum absolute atomic E-state index is 7.75. The van der Waals surface area contributed by atoms with Crippen molar-refractivity contribution in [3.63, 3.8) is 0 Å². The van der Waals surface area contributed by atoms with Crippen LogP contribution in [-0.2, 0) is 70.2 Å². The number of hydrogen-bond donors (Lipinski definition) is 1. The van der Waals surface area contributed by atoms with E-state index in [1.165, 1.54) is 0 Å². The Balaban J connectivity index is -0.00000000167. The molecule has 0 heterocycles. The van der Waals surface area contributed by atoms with E-state index in [4.69, 9.17) is 9.90 Å². The SMILES string of the molecule is [CH-]=O.[CH2-]O.[CH3-].[CH3-].[Y].[Y]. The molecule has 2 nitrogen and oxygen atoms in total. The molecule has 0 aliphatic carbocycles. The number of rotatable bonds is 0. The quantitative estimate of drug-likeness (QED) is 0.520. The van der Waals surface area contributed by atoms with Gasteiger partial charge in [0.1, 0.15) is 0 Å². The third kappa shape index (κ3) is 109. The summed E-state index contributed by atoms with van der Waals surface area (Å²) in [6.07, 6.45) is 0. The molecule has 0 rings (SSSR count). The summed E-state index contributed by atoms with van der Waals surface area (Å²) in [5.74, 6) is 0. The Morgan fingerprint density at radius 1 is 1.00 bits per heavy atom. The van der Waals surface area contributed by atoms with Crippen molar-refractivity contribution < 1.29 is 75.3 Å². The molecule has 0 spiro atoms. The van der Waals surface area contributed by atoms with Crippen LogP contribution in [0.15, 0.2) is 0 Å². The van der Waals surface area contributed by atoms with Gasteiger partial charge in [-0.25, -0.2) is 7.11 Å². The van der Waals surface area contributed by atoms with Crippen LogP contribution in [0.25, 0.3) is 0 Å². The second-order valence-corrected chi connectivity index (χ2v) is 0. The number of carbonyl (C=O) groups excluding carboxylic acids is 1. The smallest absolute Gasteiger partial charge is 0 e. The molecule has 0 bridgehead atoms. The van der Waals surface area contributed by atoms with Crippen molar-refractivity contribution >= 4 is 6.79 Å². The molecule has 0 amide bonds. The summed E-state index contributed by atoms with van der Waals surface area (Å²) in [5.41, 5.74) is 0. The second-order valence-electron chi connectivity index (χ2n) is 0. The van der Waals surface area contributed by atoms with Gasteiger partial charge < -0.3 is 24.8 Å². The van der Waals surface area contributed by atoms with Crippen molar-refractivity contribution in [2.45, 2.75) is 0 Å². The predicted molar refractivity (Wildman–Crippen MR) is 26.9 cm³/mol. The standard InChI is InChI=1S/CH3O.CHO.2CH3.2Y/c2*1-2;;;;/h2H,1H2;1H;2*1H3;;/q4*-1;;. The molecule has 2 radical (unpaired) electrons. The topological polar surface area (TPSA) is 37.3 Å². The fourth-order valence-corrected chi connectivity index (χ4v) is 0. The van der Waals surface area contributed by atoms with Crippen LogP contribution in [0.5, 0.6) is 0 Å². The average Bonchev–Trinajstić information content (AvgIpc) is 1.50. The molecule has 0 fully saturated rings. The molecular weight excluding hydrogens is 258 g/mol. The summed E-state index contributed by atoms with van der Waals surface area (Å²) >= 11 is 0. The Morgan fingerprint density at radius 3 is 1.00 bits per heavy atom. The van der Waals surface area contributed by atoms with E-state index >= 15 is 0 Å². The Labute approximate surface area is 103 Å². The molecule has 4 heteroatoms. The van der Waals surface area contributed by atoms with Gasteiger partial charge in [-0.3, -0.25) is 6.79 Å². The van der Waals surface area contributed by atoms with Gasteiger partial charge >= 0.3 is 0 Å². The number of aliphatic hydroxyl groups excluding tert-OH is 1. The van der Waals surface area contributed by atoms with Crippen molar-refractivity contribution in [2.24, 2.45) is 0 Å². The van der Waals surface area contributed by atoms with Gasteiger partial charge in [0.25, 0.3) is 0 Å². The van der Waals surface area contributed by atoms with Crippen molar-refractivity contribution in [3.05, 3.63) is 22.0 Å². The van der Waals surface area contributed by atoms with Crippen molar-refractivity contribution in [1.29, 1.82) is 0 Å². The second kappa shape index (κ2) is 161. The molecular formula is C4H10O2Y2-4. The summed E-state index contributed by atoms with van der Waals surface area (Å²) < 4.78 is 0. The molecule has 0 aromatic rings. The van der Waals surface area contributed by atoms with Crippen molar-refractivity contribution in [1.82, 2.24) is 0 Å². The Hall–Kier alpha value is 1.84. The molecule has 0 saturated heterocycles. The third-order valence-corrected chi connectivity index (χ3v) is 0. The average molecular weight is 268 g/mol. The maximum Gasteiger partial charge on any atom is 0 e. The summed E-state index contributed by atoms with van der Waals surface area (Å²) in [6, 6.07) is 0. The monoisotopic (exact) mass is 268 g/mol. The van der Waals surface area contributed by atoms with Crippen LogP contribution in [0.4, 0.5) is 0 Å². The van der Waals surface area contributed by atoms with E-state index in [2.05, 4.69) is 13.9 Å². The Morgan fingerprint density at radius 2 is 1.00 bits per heavy atom. The van der Waals surface area contributed by atoms with Crippen LogP contribution >= 0.6 is 0 Å². The molecule has 48 valence electrons. The molecule has 0 aromatic carbocycles. The molecule has 1 N–H and O–H groups in total. The van der Waals surface area contributed by atoms with Gasteiger partial charge in [0, 0.05) is 65.4 Å². The van der Waals surface area contributed by atoms with E-state index < -0.39 is 0 Å². The van der Waals surface area contributed by atoms with Gasteiger partial charge in [-0.15, -0.1) is 0 Å². The van der Waals surface area contributed by atoms with Gasteiger partial charge in [-0.1, -0.05) is 0 Å². The van der Waals surface area contributed by atoms with E-state index in [0.29, 0.717) is 0 Å².